The Hall–Kier alpha value is -2.91. The van der Waals surface area contributed by atoms with Crippen LogP contribution in [-0.4, -0.2) is 36.7 Å². The number of aromatic amines is 1. The second kappa shape index (κ2) is 7.49. The fourth-order valence-corrected chi connectivity index (χ4v) is 5.03. The lowest BCUT2D eigenvalue weighted by Gasteiger charge is -2.31. The molecular formula is C20H21N3O5S. The lowest BCUT2D eigenvalue weighted by Crippen LogP contribution is -2.43. The summed E-state index contributed by atoms with van der Waals surface area (Å²) in [4.78, 5) is 26.5. The molecule has 1 aromatic heterocycles. The van der Waals surface area contributed by atoms with Gasteiger partial charge in [0, 0.05) is 24.8 Å². The van der Waals surface area contributed by atoms with Crippen molar-refractivity contribution in [3.05, 3.63) is 58.6 Å². The summed E-state index contributed by atoms with van der Waals surface area (Å²) in [5.74, 6) is -1.27. The third kappa shape index (κ3) is 3.96. The van der Waals surface area contributed by atoms with Crippen LogP contribution in [0.2, 0.25) is 0 Å². The number of aryl methyl sites for hydroxylation is 1. The number of hydrogen-bond acceptors (Lipinski definition) is 5. The van der Waals surface area contributed by atoms with E-state index in [-0.39, 0.29) is 22.9 Å². The van der Waals surface area contributed by atoms with E-state index in [1.54, 1.807) is 0 Å². The minimum atomic E-state index is -3.81. The van der Waals surface area contributed by atoms with Crippen LogP contribution in [0.4, 0.5) is 5.69 Å². The van der Waals surface area contributed by atoms with Gasteiger partial charge in [-0.3, -0.25) is 9.78 Å². The third-order valence-electron chi connectivity index (χ3n) is 5.10. The van der Waals surface area contributed by atoms with Gasteiger partial charge in [0.1, 0.15) is 0 Å². The Balaban J connectivity index is 1.52. The number of benzene rings is 2. The number of piperidine rings is 1. The van der Waals surface area contributed by atoms with Crippen molar-refractivity contribution >= 4 is 32.7 Å². The average Bonchev–Trinajstić information content (AvgIpc) is 3.09. The van der Waals surface area contributed by atoms with Gasteiger partial charge in [0.05, 0.1) is 16.3 Å². The predicted molar refractivity (Wildman–Crippen MR) is 108 cm³/mol. The molecular weight excluding hydrogens is 394 g/mol. The molecule has 9 heteroatoms. The molecule has 0 aliphatic carbocycles. The Morgan fingerprint density at radius 2 is 1.97 bits per heavy atom. The number of anilines is 1. The second-order valence-electron chi connectivity index (χ2n) is 7.23. The molecule has 4 rings (SSSR count). The van der Waals surface area contributed by atoms with Crippen LogP contribution < -0.4 is 11.1 Å². The molecule has 152 valence electrons. The second-order valence-corrected chi connectivity index (χ2v) is 9.17. The largest absolute Gasteiger partial charge is 0.417 e. The van der Waals surface area contributed by atoms with Crippen LogP contribution in [0, 0.1) is 12.8 Å². The van der Waals surface area contributed by atoms with E-state index in [9.17, 15) is 18.0 Å². The Morgan fingerprint density at radius 3 is 2.72 bits per heavy atom. The van der Waals surface area contributed by atoms with Crippen molar-refractivity contribution in [1.82, 2.24) is 9.29 Å². The first-order valence-corrected chi connectivity index (χ1v) is 10.8. The molecule has 2 N–H and O–H groups in total. The first kappa shape index (κ1) is 19.4. The van der Waals surface area contributed by atoms with Crippen molar-refractivity contribution in [2.75, 3.05) is 18.4 Å². The van der Waals surface area contributed by atoms with E-state index in [0.717, 1.165) is 5.56 Å². The van der Waals surface area contributed by atoms with Gasteiger partial charge < -0.3 is 9.73 Å². The summed E-state index contributed by atoms with van der Waals surface area (Å²) in [5, 5.41) is 2.86. The van der Waals surface area contributed by atoms with Gasteiger partial charge in [-0.1, -0.05) is 17.7 Å². The van der Waals surface area contributed by atoms with E-state index < -0.39 is 21.7 Å². The maximum atomic E-state index is 13.1. The number of amides is 1. The molecule has 0 saturated carbocycles. The Morgan fingerprint density at radius 1 is 1.21 bits per heavy atom. The highest BCUT2D eigenvalue weighted by Crippen LogP contribution is 2.26. The number of oxazole rings is 1. The van der Waals surface area contributed by atoms with Crippen molar-refractivity contribution in [3.63, 3.8) is 0 Å². The lowest BCUT2D eigenvalue weighted by atomic mass is 9.98. The first-order valence-electron chi connectivity index (χ1n) is 9.33. The average molecular weight is 415 g/mol. The molecule has 1 aliphatic rings. The predicted octanol–water partition coefficient (Wildman–Crippen LogP) is 2.47. The van der Waals surface area contributed by atoms with Crippen molar-refractivity contribution in [2.24, 2.45) is 5.92 Å². The van der Waals surface area contributed by atoms with Gasteiger partial charge in [0.25, 0.3) is 0 Å². The topological polar surface area (TPSA) is 112 Å². The van der Waals surface area contributed by atoms with E-state index in [1.165, 1.54) is 22.5 Å². The molecule has 2 aromatic carbocycles. The minimum Gasteiger partial charge on any atom is -0.408 e. The van der Waals surface area contributed by atoms with Crippen LogP contribution in [0.1, 0.15) is 18.4 Å². The highest BCUT2D eigenvalue weighted by Gasteiger charge is 2.33. The number of hydrogen-bond donors (Lipinski definition) is 2. The molecule has 2 heterocycles. The van der Waals surface area contributed by atoms with Gasteiger partial charge in [-0.25, -0.2) is 13.2 Å². The molecule has 0 spiro atoms. The highest BCUT2D eigenvalue weighted by molar-refractivity contribution is 7.89. The van der Waals surface area contributed by atoms with E-state index in [2.05, 4.69) is 10.3 Å². The number of nitrogens with one attached hydrogen (secondary N) is 2. The van der Waals surface area contributed by atoms with Crippen molar-refractivity contribution in [2.45, 2.75) is 24.7 Å². The molecule has 3 aromatic rings. The molecule has 29 heavy (non-hydrogen) atoms. The van der Waals surface area contributed by atoms with Crippen LogP contribution in [-0.2, 0) is 14.8 Å². The minimum absolute atomic E-state index is 0.0346. The van der Waals surface area contributed by atoms with Gasteiger partial charge in [-0.15, -0.1) is 0 Å². The summed E-state index contributed by atoms with van der Waals surface area (Å²) in [6.07, 6.45) is 1.21. The van der Waals surface area contributed by atoms with Gasteiger partial charge in [0.2, 0.25) is 15.9 Å². The first-order chi connectivity index (χ1) is 13.8. The van der Waals surface area contributed by atoms with Gasteiger partial charge >= 0.3 is 5.76 Å². The Labute approximate surface area is 167 Å². The third-order valence-corrected chi connectivity index (χ3v) is 6.97. The van der Waals surface area contributed by atoms with E-state index in [4.69, 9.17) is 4.42 Å². The Kier molecular flexibility index (Phi) is 5.01. The van der Waals surface area contributed by atoms with Crippen LogP contribution in [0.15, 0.2) is 56.6 Å². The van der Waals surface area contributed by atoms with Crippen molar-refractivity contribution in [1.29, 1.82) is 0 Å². The summed E-state index contributed by atoms with van der Waals surface area (Å²) in [6, 6.07) is 11.7. The summed E-state index contributed by atoms with van der Waals surface area (Å²) in [5.41, 5.74) is 2.39. The molecule has 1 atom stereocenters. The maximum absolute atomic E-state index is 13.1. The number of nitrogens with zero attached hydrogens (tertiary/aromatic N) is 1. The van der Waals surface area contributed by atoms with E-state index in [0.29, 0.717) is 30.6 Å². The van der Waals surface area contributed by atoms with E-state index in [1.807, 2.05) is 31.2 Å². The molecule has 0 radical (unpaired) electrons. The number of aromatic nitrogens is 1. The normalized spacial score (nSPS) is 18.0. The van der Waals surface area contributed by atoms with Gasteiger partial charge in [0.15, 0.2) is 5.58 Å². The van der Waals surface area contributed by atoms with Crippen LogP contribution in [0.5, 0.6) is 0 Å². The highest BCUT2D eigenvalue weighted by atomic mass is 32.2. The summed E-state index contributed by atoms with van der Waals surface area (Å²) in [6.45, 7) is 2.41. The SMILES string of the molecule is Cc1ccc(NC(=O)C2CCCN(S(=O)(=O)c3ccc4[nH]c(=O)oc4c3)C2)cc1. The zero-order chi connectivity index (χ0) is 20.6. The monoisotopic (exact) mass is 415 g/mol. The summed E-state index contributed by atoms with van der Waals surface area (Å²) in [7, 11) is -3.81. The summed E-state index contributed by atoms with van der Waals surface area (Å²) >= 11 is 0. The number of H-pyrrole nitrogens is 1. The lowest BCUT2D eigenvalue weighted by molar-refractivity contribution is -0.120. The standard InChI is InChI=1S/C20H21N3O5S/c1-13-4-6-15(7-5-13)21-19(24)14-3-2-10-23(12-14)29(26,27)16-8-9-17-18(11-16)28-20(25)22-17/h4-9,11,14H,2-3,10,12H2,1H3,(H,21,24)(H,22,25). The molecule has 0 bridgehead atoms. The maximum Gasteiger partial charge on any atom is 0.417 e. The molecule has 1 aliphatic heterocycles. The number of carbonyl (C=O) groups is 1. The number of fused-ring (bicyclic) bond motifs is 1. The van der Waals surface area contributed by atoms with Crippen molar-refractivity contribution < 1.29 is 17.6 Å². The summed E-state index contributed by atoms with van der Waals surface area (Å²) < 4.78 is 32.4. The number of rotatable bonds is 4. The van der Waals surface area contributed by atoms with Crippen LogP contribution in [0.25, 0.3) is 11.1 Å². The zero-order valence-electron chi connectivity index (χ0n) is 15.8. The molecule has 8 nitrogen and oxygen atoms in total. The fourth-order valence-electron chi connectivity index (χ4n) is 3.49. The van der Waals surface area contributed by atoms with Crippen molar-refractivity contribution in [3.8, 4) is 0 Å². The molecule has 1 amide bonds. The van der Waals surface area contributed by atoms with E-state index >= 15 is 0 Å². The quantitative estimate of drug-likeness (QED) is 0.680. The smallest absolute Gasteiger partial charge is 0.408 e. The number of carbonyl (C=O) groups excluding carboxylic acids is 1. The Bertz CT molecular complexity index is 1210. The van der Waals surface area contributed by atoms with Crippen LogP contribution in [0.3, 0.4) is 0 Å². The van der Waals surface area contributed by atoms with Gasteiger partial charge in [-0.05, 0) is 44.0 Å². The zero-order valence-corrected chi connectivity index (χ0v) is 16.7. The molecule has 1 unspecified atom stereocenters. The van der Waals surface area contributed by atoms with Crippen LogP contribution >= 0.6 is 0 Å². The molecule has 1 saturated heterocycles. The van der Waals surface area contributed by atoms with Gasteiger partial charge in [-0.2, -0.15) is 4.31 Å². The number of sulfonamides is 1. The fraction of sp³-hybridized carbons (Fsp3) is 0.300. The molecule has 1 fully saturated rings.